The fraction of sp³-hybridized carbons (Fsp3) is 0.778. The Balaban J connectivity index is 4.70. The first-order valence-corrected chi connectivity index (χ1v) is 5.28. The minimum Gasteiger partial charge on any atom is -0.393 e. The van der Waals surface area contributed by atoms with Gasteiger partial charge in [-0.3, -0.25) is 4.79 Å². The van der Waals surface area contributed by atoms with Crippen molar-refractivity contribution in [2.45, 2.75) is 26.4 Å². The van der Waals surface area contributed by atoms with Crippen molar-refractivity contribution in [2.24, 2.45) is 11.7 Å². The Bertz CT molecular complexity index is 268. The van der Waals surface area contributed by atoms with E-state index in [0.717, 1.165) is 0 Å². The van der Waals surface area contributed by atoms with Gasteiger partial charge in [-0.25, -0.2) is 0 Å². The summed E-state index contributed by atoms with van der Waals surface area (Å²) >= 11 is 4.65. The van der Waals surface area contributed by atoms with Crippen LogP contribution in [0.1, 0.15) is 20.3 Å². The van der Waals surface area contributed by atoms with Crippen molar-refractivity contribution in [2.75, 3.05) is 13.1 Å². The number of amides is 1. The summed E-state index contributed by atoms with van der Waals surface area (Å²) in [6, 6.07) is 0. The molecule has 16 heavy (non-hydrogen) atoms. The zero-order chi connectivity index (χ0) is 12.9. The molecule has 94 valence electrons. The number of halogens is 3. The number of carbonyl (C=O) groups excluding carboxylic acids is 1. The van der Waals surface area contributed by atoms with Gasteiger partial charge in [0.25, 0.3) is 0 Å². The minimum absolute atomic E-state index is 0.0164. The molecule has 0 heterocycles. The highest BCUT2D eigenvalue weighted by Crippen LogP contribution is 2.18. The summed E-state index contributed by atoms with van der Waals surface area (Å²) in [4.78, 5) is 12.3. The third-order valence-electron chi connectivity index (χ3n) is 2.11. The monoisotopic (exact) mass is 256 g/mol. The van der Waals surface area contributed by atoms with Crippen LogP contribution in [0.5, 0.6) is 0 Å². The van der Waals surface area contributed by atoms with Crippen molar-refractivity contribution < 1.29 is 18.0 Å². The van der Waals surface area contributed by atoms with Gasteiger partial charge in [0.05, 0.1) is 10.9 Å². The van der Waals surface area contributed by atoms with Gasteiger partial charge < -0.3 is 10.6 Å². The van der Waals surface area contributed by atoms with Gasteiger partial charge in [0.1, 0.15) is 6.54 Å². The van der Waals surface area contributed by atoms with E-state index in [1.165, 1.54) is 6.92 Å². The molecule has 0 aliphatic heterocycles. The molecule has 0 radical (unpaired) electrons. The number of hydrogen-bond donors (Lipinski definition) is 1. The summed E-state index contributed by atoms with van der Waals surface area (Å²) in [5, 5.41) is 0. The lowest BCUT2D eigenvalue weighted by Crippen LogP contribution is -2.45. The highest BCUT2D eigenvalue weighted by atomic mass is 32.1. The fourth-order valence-corrected chi connectivity index (χ4v) is 1.55. The Morgan fingerprint density at radius 2 is 1.94 bits per heavy atom. The zero-order valence-corrected chi connectivity index (χ0v) is 9.99. The SMILES string of the molecule is CCC(C(=O)N(CC)CC(F)(F)F)C(N)=S. The molecule has 0 aliphatic rings. The van der Waals surface area contributed by atoms with Crippen LogP contribution in [-0.2, 0) is 4.79 Å². The summed E-state index contributed by atoms with van der Waals surface area (Å²) in [5.41, 5.74) is 5.31. The third-order valence-corrected chi connectivity index (χ3v) is 2.40. The molecule has 0 rings (SSSR count). The van der Waals surface area contributed by atoms with Crippen LogP contribution in [-0.4, -0.2) is 35.1 Å². The number of nitrogens with zero attached hydrogens (tertiary/aromatic N) is 1. The van der Waals surface area contributed by atoms with Crippen LogP contribution < -0.4 is 5.73 Å². The third kappa shape index (κ3) is 4.78. The molecule has 0 saturated carbocycles. The number of thiocarbonyl (C=S) groups is 1. The summed E-state index contributed by atoms with van der Waals surface area (Å²) in [5.74, 6) is -1.47. The first-order chi connectivity index (χ1) is 7.22. The molecule has 0 bridgehead atoms. The van der Waals surface area contributed by atoms with Gasteiger partial charge in [-0.15, -0.1) is 0 Å². The zero-order valence-electron chi connectivity index (χ0n) is 9.17. The average molecular weight is 256 g/mol. The lowest BCUT2D eigenvalue weighted by atomic mass is 10.1. The molecular weight excluding hydrogens is 241 g/mol. The van der Waals surface area contributed by atoms with Crippen molar-refractivity contribution in [3.63, 3.8) is 0 Å². The highest BCUT2D eigenvalue weighted by Gasteiger charge is 2.34. The molecule has 3 nitrogen and oxygen atoms in total. The van der Waals surface area contributed by atoms with Crippen LogP contribution in [0.15, 0.2) is 0 Å². The normalized spacial score (nSPS) is 13.3. The van der Waals surface area contributed by atoms with Crippen LogP contribution >= 0.6 is 12.2 Å². The Hall–Kier alpha value is -0.850. The van der Waals surface area contributed by atoms with Crippen molar-refractivity contribution in [1.82, 2.24) is 4.90 Å². The van der Waals surface area contributed by atoms with E-state index < -0.39 is 24.5 Å². The Labute approximate surface area is 97.8 Å². The van der Waals surface area contributed by atoms with Crippen molar-refractivity contribution in [3.05, 3.63) is 0 Å². The van der Waals surface area contributed by atoms with Crippen molar-refractivity contribution in [3.8, 4) is 0 Å². The van der Waals surface area contributed by atoms with E-state index >= 15 is 0 Å². The fourth-order valence-electron chi connectivity index (χ4n) is 1.28. The van der Waals surface area contributed by atoms with Gasteiger partial charge >= 0.3 is 6.18 Å². The number of alkyl halides is 3. The predicted octanol–water partition coefficient (Wildman–Crippen LogP) is 1.71. The van der Waals surface area contributed by atoms with E-state index in [1.54, 1.807) is 6.92 Å². The Kier molecular flexibility index (Phi) is 5.71. The molecule has 1 atom stereocenters. The van der Waals surface area contributed by atoms with Crippen LogP contribution in [0, 0.1) is 5.92 Å². The number of carbonyl (C=O) groups is 1. The Morgan fingerprint density at radius 3 is 2.19 bits per heavy atom. The van der Waals surface area contributed by atoms with Gasteiger partial charge in [0.2, 0.25) is 5.91 Å². The second-order valence-corrected chi connectivity index (χ2v) is 3.80. The van der Waals surface area contributed by atoms with Crippen molar-refractivity contribution >= 4 is 23.1 Å². The van der Waals surface area contributed by atoms with Gasteiger partial charge in [0, 0.05) is 6.54 Å². The summed E-state index contributed by atoms with van der Waals surface area (Å²) < 4.78 is 36.5. The van der Waals surface area contributed by atoms with Crippen LogP contribution in [0.25, 0.3) is 0 Å². The Morgan fingerprint density at radius 1 is 1.44 bits per heavy atom. The van der Waals surface area contributed by atoms with Crippen molar-refractivity contribution in [1.29, 1.82) is 0 Å². The molecular formula is C9H15F3N2OS. The molecule has 1 amide bonds. The predicted molar refractivity (Wildman–Crippen MR) is 58.9 cm³/mol. The molecule has 0 aromatic rings. The molecule has 1 unspecified atom stereocenters. The van der Waals surface area contributed by atoms with E-state index in [4.69, 9.17) is 5.73 Å². The standard InChI is InChI=1S/C9H15F3N2OS/c1-3-6(7(13)16)8(15)14(4-2)5-9(10,11)12/h6H,3-5H2,1-2H3,(H2,13,16). The highest BCUT2D eigenvalue weighted by molar-refractivity contribution is 7.80. The number of hydrogen-bond acceptors (Lipinski definition) is 2. The van der Waals surface area contributed by atoms with E-state index in [2.05, 4.69) is 12.2 Å². The molecule has 0 aromatic heterocycles. The second kappa shape index (κ2) is 6.03. The summed E-state index contributed by atoms with van der Waals surface area (Å²) in [6.07, 6.45) is -4.09. The molecule has 0 aromatic carbocycles. The lowest BCUT2D eigenvalue weighted by Gasteiger charge is -2.26. The van der Waals surface area contributed by atoms with Gasteiger partial charge in [-0.1, -0.05) is 19.1 Å². The maximum absolute atomic E-state index is 12.2. The van der Waals surface area contributed by atoms with Gasteiger partial charge in [-0.2, -0.15) is 13.2 Å². The van der Waals surface area contributed by atoms with Crippen LogP contribution in [0.2, 0.25) is 0 Å². The minimum atomic E-state index is -4.40. The summed E-state index contributed by atoms with van der Waals surface area (Å²) in [6.45, 7) is 1.86. The second-order valence-electron chi connectivity index (χ2n) is 3.33. The quantitative estimate of drug-likeness (QED) is 0.762. The molecule has 0 aliphatic carbocycles. The van der Waals surface area contributed by atoms with E-state index in [-0.39, 0.29) is 11.5 Å². The number of rotatable bonds is 5. The van der Waals surface area contributed by atoms with E-state index in [0.29, 0.717) is 11.3 Å². The van der Waals surface area contributed by atoms with Gasteiger partial charge in [0.15, 0.2) is 0 Å². The first-order valence-electron chi connectivity index (χ1n) is 4.87. The molecule has 0 saturated heterocycles. The lowest BCUT2D eigenvalue weighted by molar-refractivity contribution is -0.162. The summed E-state index contributed by atoms with van der Waals surface area (Å²) in [7, 11) is 0. The molecule has 0 fully saturated rings. The topological polar surface area (TPSA) is 46.3 Å². The largest absolute Gasteiger partial charge is 0.406 e. The van der Waals surface area contributed by atoms with Crippen LogP contribution in [0.4, 0.5) is 13.2 Å². The average Bonchev–Trinajstić information content (AvgIpc) is 2.13. The van der Waals surface area contributed by atoms with Crippen LogP contribution in [0.3, 0.4) is 0 Å². The maximum atomic E-state index is 12.2. The molecule has 0 spiro atoms. The molecule has 2 N–H and O–H groups in total. The molecule has 7 heteroatoms. The first kappa shape index (κ1) is 15.2. The maximum Gasteiger partial charge on any atom is 0.406 e. The van der Waals surface area contributed by atoms with E-state index in [1.807, 2.05) is 0 Å². The number of nitrogens with two attached hydrogens (primary N) is 1. The van der Waals surface area contributed by atoms with Gasteiger partial charge in [-0.05, 0) is 13.3 Å². The van der Waals surface area contributed by atoms with E-state index in [9.17, 15) is 18.0 Å². The smallest absolute Gasteiger partial charge is 0.393 e.